The lowest BCUT2D eigenvalue weighted by molar-refractivity contribution is -0.122. The number of nitrogens with one attached hydrogen (secondary N) is 1. The molecule has 3 nitrogen and oxygen atoms in total. The highest BCUT2D eigenvalue weighted by Crippen LogP contribution is 2.22. The SMILES string of the molecule is CC1CNCC1C(=O)N(C)c1cccc(F)c1. The van der Waals surface area contributed by atoms with Gasteiger partial charge >= 0.3 is 0 Å². The van der Waals surface area contributed by atoms with E-state index in [0.29, 0.717) is 18.2 Å². The summed E-state index contributed by atoms with van der Waals surface area (Å²) in [4.78, 5) is 13.8. The first-order valence-corrected chi connectivity index (χ1v) is 5.83. The molecule has 17 heavy (non-hydrogen) atoms. The lowest BCUT2D eigenvalue weighted by Gasteiger charge is -2.23. The third kappa shape index (κ3) is 2.47. The van der Waals surface area contributed by atoms with Crippen LogP contribution in [0.4, 0.5) is 10.1 Å². The predicted octanol–water partition coefficient (Wildman–Crippen LogP) is 1.64. The molecule has 1 heterocycles. The van der Waals surface area contributed by atoms with Crippen molar-refractivity contribution in [2.75, 3.05) is 25.0 Å². The van der Waals surface area contributed by atoms with Gasteiger partial charge < -0.3 is 10.2 Å². The van der Waals surface area contributed by atoms with Crippen molar-refractivity contribution in [3.05, 3.63) is 30.1 Å². The van der Waals surface area contributed by atoms with Crippen LogP contribution in [0, 0.1) is 17.7 Å². The molecule has 4 heteroatoms. The fourth-order valence-corrected chi connectivity index (χ4v) is 2.20. The molecule has 2 atom stereocenters. The van der Waals surface area contributed by atoms with E-state index in [1.54, 1.807) is 19.2 Å². The number of halogens is 1. The normalized spacial score (nSPS) is 23.7. The fraction of sp³-hybridized carbons (Fsp3) is 0.462. The number of hydrogen-bond acceptors (Lipinski definition) is 2. The molecule has 0 saturated carbocycles. The van der Waals surface area contributed by atoms with Gasteiger partial charge in [0.25, 0.3) is 0 Å². The van der Waals surface area contributed by atoms with E-state index in [4.69, 9.17) is 0 Å². The van der Waals surface area contributed by atoms with Gasteiger partial charge in [0.05, 0.1) is 5.92 Å². The first-order valence-electron chi connectivity index (χ1n) is 5.83. The maximum atomic E-state index is 13.1. The molecule has 2 rings (SSSR count). The molecule has 0 aromatic heterocycles. The molecule has 92 valence electrons. The molecule has 1 aliphatic rings. The first kappa shape index (κ1) is 12.0. The zero-order valence-corrected chi connectivity index (χ0v) is 10.1. The van der Waals surface area contributed by atoms with Gasteiger partial charge in [0.1, 0.15) is 5.82 Å². The number of amides is 1. The number of benzene rings is 1. The van der Waals surface area contributed by atoms with E-state index in [-0.39, 0.29) is 17.6 Å². The van der Waals surface area contributed by atoms with Gasteiger partial charge in [-0.15, -0.1) is 0 Å². The van der Waals surface area contributed by atoms with Crippen LogP contribution < -0.4 is 10.2 Å². The Morgan fingerprint density at radius 2 is 2.24 bits per heavy atom. The maximum Gasteiger partial charge on any atom is 0.231 e. The highest BCUT2D eigenvalue weighted by Gasteiger charge is 2.31. The minimum Gasteiger partial charge on any atom is -0.316 e. The average molecular weight is 236 g/mol. The van der Waals surface area contributed by atoms with Crippen LogP contribution >= 0.6 is 0 Å². The largest absolute Gasteiger partial charge is 0.316 e. The number of carbonyl (C=O) groups excluding carboxylic acids is 1. The topological polar surface area (TPSA) is 32.3 Å². The quantitative estimate of drug-likeness (QED) is 0.846. The summed E-state index contributed by atoms with van der Waals surface area (Å²) in [6, 6.07) is 6.12. The Kier molecular flexibility index (Phi) is 3.43. The van der Waals surface area contributed by atoms with Crippen LogP contribution in [0.25, 0.3) is 0 Å². The molecule has 1 N–H and O–H groups in total. The summed E-state index contributed by atoms with van der Waals surface area (Å²) in [5.41, 5.74) is 0.606. The summed E-state index contributed by atoms with van der Waals surface area (Å²) in [6.45, 7) is 3.63. The van der Waals surface area contributed by atoms with Gasteiger partial charge in [-0.3, -0.25) is 4.79 Å². The van der Waals surface area contributed by atoms with Crippen molar-refractivity contribution < 1.29 is 9.18 Å². The molecule has 0 radical (unpaired) electrons. The van der Waals surface area contributed by atoms with Crippen molar-refractivity contribution in [2.45, 2.75) is 6.92 Å². The number of rotatable bonds is 2. The highest BCUT2D eigenvalue weighted by molar-refractivity contribution is 5.95. The Hall–Kier alpha value is -1.42. The molecule has 2 unspecified atom stereocenters. The average Bonchev–Trinajstić information content (AvgIpc) is 2.73. The molecule has 0 spiro atoms. The standard InChI is InChI=1S/C13H17FN2O/c1-9-7-15-8-12(9)13(17)16(2)11-5-3-4-10(14)6-11/h3-6,9,12,15H,7-8H2,1-2H3. The smallest absolute Gasteiger partial charge is 0.231 e. The van der Waals surface area contributed by atoms with Crippen LogP contribution in [0.5, 0.6) is 0 Å². The molecule has 1 aromatic rings. The minimum atomic E-state index is -0.320. The zero-order valence-electron chi connectivity index (χ0n) is 10.1. The third-order valence-corrected chi connectivity index (χ3v) is 3.36. The Labute approximate surface area is 101 Å². The van der Waals surface area contributed by atoms with E-state index in [1.807, 2.05) is 0 Å². The van der Waals surface area contributed by atoms with Crippen LogP contribution in [0.3, 0.4) is 0 Å². The summed E-state index contributed by atoms with van der Waals surface area (Å²) in [7, 11) is 1.70. The molecule has 0 bridgehead atoms. The van der Waals surface area contributed by atoms with Gasteiger partial charge in [-0.1, -0.05) is 13.0 Å². The van der Waals surface area contributed by atoms with Crippen molar-refractivity contribution >= 4 is 11.6 Å². The summed E-state index contributed by atoms with van der Waals surface area (Å²) >= 11 is 0. The van der Waals surface area contributed by atoms with Gasteiger partial charge in [-0.25, -0.2) is 4.39 Å². The summed E-state index contributed by atoms with van der Waals surface area (Å²) in [5.74, 6) is 0.0506. The number of nitrogens with zero attached hydrogens (tertiary/aromatic N) is 1. The van der Waals surface area contributed by atoms with Gasteiger partial charge in [-0.05, 0) is 30.7 Å². The van der Waals surface area contributed by atoms with Crippen molar-refractivity contribution in [2.24, 2.45) is 11.8 Å². The summed E-state index contributed by atoms with van der Waals surface area (Å²) < 4.78 is 13.1. The molecule has 1 aromatic carbocycles. The van der Waals surface area contributed by atoms with E-state index in [0.717, 1.165) is 6.54 Å². The van der Waals surface area contributed by atoms with E-state index in [2.05, 4.69) is 12.2 Å². The third-order valence-electron chi connectivity index (χ3n) is 3.36. The van der Waals surface area contributed by atoms with Crippen LogP contribution in [-0.4, -0.2) is 26.0 Å². The van der Waals surface area contributed by atoms with Gasteiger partial charge in [-0.2, -0.15) is 0 Å². The lowest BCUT2D eigenvalue weighted by atomic mass is 9.96. The van der Waals surface area contributed by atoms with E-state index in [9.17, 15) is 9.18 Å². The fourth-order valence-electron chi connectivity index (χ4n) is 2.20. The van der Waals surface area contributed by atoms with Gasteiger partial charge in [0.2, 0.25) is 5.91 Å². The Morgan fingerprint density at radius 3 is 2.82 bits per heavy atom. The Balaban J connectivity index is 2.14. The molecule has 1 amide bonds. The van der Waals surface area contributed by atoms with Crippen molar-refractivity contribution in [3.8, 4) is 0 Å². The maximum absolute atomic E-state index is 13.1. The summed E-state index contributed by atoms with van der Waals surface area (Å²) in [5, 5.41) is 3.20. The Morgan fingerprint density at radius 1 is 1.47 bits per heavy atom. The number of anilines is 1. The second-order valence-corrected chi connectivity index (χ2v) is 4.62. The van der Waals surface area contributed by atoms with E-state index < -0.39 is 0 Å². The van der Waals surface area contributed by atoms with Crippen molar-refractivity contribution in [1.29, 1.82) is 0 Å². The number of hydrogen-bond donors (Lipinski definition) is 1. The van der Waals surface area contributed by atoms with E-state index in [1.165, 1.54) is 17.0 Å². The number of carbonyl (C=O) groups is 1. The molecule has 1 fully saturated rings. The highest BCUT2D eigenvalue weighted by atomic mass is 19.1. The Bertz CT molecular complexity index is 422. The van der Waals surface area contributed by atoms with Gasteiger partial charge in [0.15, 0.2) is 0 Å². The van der Waals surface area contributed by atoms with Crippen molar-refractivity contribution in [3.63, 3.8) is 0 Å². The van der Waals surface area contributed by atoms with Crippen LogP contribution in [0.1, 0.15) is 6.92 Å². The lowest BCUT2D eigenvalue weighted by Crippen LogP contribution is -2.36. The molecule has 1 saturated heterocycles. The van der Waals surface area contributed by atoms with Gasteiger partial charge in [0, 0.05) is 19.3 Å². The summed E-state index contributed by atoms with van der Waals surface area (Å²) in [6.07, 6.45) is 0. The second-order valence-electron chi connectivity index (χ2n) is 4.62. The van der Waals surface area contributed by atoms with Crippen molar-refractivity contribution in [1.82, 2.24) is 5.32 Å². The van der Waals surface area contributed by atoms with E-state index >= 15 is 0 Å². The predicted molar refractivity (Wildman–Crippen MR) is 65.3 cm³/mol. The molecule has 1 aliphatic heterocycles. The molecular weight excluding hydrogens is 219 g/mol. The van der Waals surface area contributed by atoms with Crippen LogP contribution in [0.2, 0.25) is 0 Å². The minimum absolute atomic E-state index is 0.0109. The van der Waals surface area contributed by atoms with Crippen LogP contribution in [0.15, 0.2) is 24.3 Å². The van der Waals surface area contributed by atoms with Crippen LogP contribution in [-0.2, 0) is 4.79 Å². The zero-order chi connectivity index (χ0) is 12.4. The monoisotopic (exact) mass is 236 g/mol. The molecular formula is C13H17FN2O. The second kappa shape index (κ2) is 4.84. The molecule has 0 aliphatic carbocycles. The first-order chi connectivity index (χ1) is 8.09.